The highest BCUT2D eigenvalue weighted by molar-refractivity contribution is 9.10. The Morgan fingerprint density at radius 1 is 1.03 bits per heavy atom. The number of nitrogens with zero attached hydrogens (tertiary/aromatic N) is 2. The van der Waals surface area contributed by atoms with E-state index < -0.39 is 10.0 Å². The highest BCUT2D eigenvalue weighted by Crippen LogP contribution is 2.65. The van der Waals surface area contributed by atoms with Gasteiger partial charge in [0.25, 0.3) is 0 Å². The molecule has 2 atom stereocenters. The summed E-state index contributed by atoms with van der Waals surface area (Å²) in [7, 11) is -3.49. The molecule has 0 N–H and O–H groups in total. The number of rotatable bonds is 4. The lowest BCUT2D eigenvalue weighted by molar-refractivity contribution is -0.139. The number of halogens is 1. The van der Waals surface area contributed by atoms with Gasteiger partial charge in [-0.25, -0.2) is 8.42 Å². The van der Waals surface area contributed by atoms with Crippen LogP contribution >= 0.6 is 15.9 Å². The summed E-state index contributed by atoms with van der Waals surface area (Å²) in [5.74, 6) is 1.77. The first-order valence-corrected chi connectivity index (χ1v) is 13.4. The average Bonchev–Trinajstić information content (AvgIpc) is 2.66. The average molecular weight is 495 g/mol. The summed E-state index contributed by atoms with van der Waals surface area (Å²) in [6.45, 7) is 3.69. The number of carbonyl (C=O) groups excluding carboxylic acids is 1. The molecule has 1 heterocycles. The van der Waals surface area contributed by atoms with Crippen molar-refractivity contribution in [2.24, 2.45) is 17.3 Å². The molecule has 1 amide bonds. The summed E-state index contributed by atoms with van der Waals surface area (Å²) in [6, 6.07) is 7.00. The number of piperazine rings is 1. The molecule has 1 aromatic carbocycles. The maximum Gasteiger partial charge on any atom is 0.243 e. The van der Waals surface area contributed by atoms with Gasteiger partial charge in [0.2, 0.25) is 15.9 Å². The molecular formula is C23H31BrN2O3S. The minimum absolute atomic E-state index is 0.162. The standard InChI is InChI=1S/C23H31BrN2O3S/c1-17-2-4-20(5-3-17)30(28,29)26-8-6-25(7-9-26)21(27)15-22-11-18-10-19(12-22)14-23(24,13-18)16-22/h2-5,18-19H,6-16H2,1H3. The van der Waals surface area contributed by atoms with Crippen LogP contribution in [0, 0.1) is 24.2 Å². The second-order valence-electron chi connectivity index (χ2n) is 10.4. The molecule has 5 fully saturated rings. The first kappa shape index (κ1) is 21.0. The Morgan fingerprint density at radius 3 is 2.20 bits per heavy atom. The number of hydrogen-bond acceptors (Lipinski definition) is 3. The molecular weight excluding hydrogens is 464 g/mol. The van der Waals surface area contributed by atoms with Gasteiger partial charge in [-0.05, 0) is 74.8 Å². The van der Waals surface area contributed by atoms with Crippen molar-refractivity contribution in [1.29, 1.82) is 0 Å². The summed E-state index contributed by atoms with van der Waals surface area (Å²) in [5.41, 5.74) is 1.20. The first-order valence-electron chi connectivity index (χ1n) is 11.2. The normalized spacial score (nSPS) is 36.3. The van der Waals surface area contributed by atoms with Crippen molar-refractivity contribution < 1.29 is 13.2 Å². The van der Waals surface area contributed by atoms with Gasteiger partial charge in [-0.1, -0.05) is 33.6 Å². The van der Waals surface area contributed by atoms with E-state index in [1.807, 2.05) is 24.0 Å². The van der Waals surface area contributed by atoms with Crippen molar-refractivity contribution >= 4 is 31.9 Å². The lowest BCUT2D eigenvalue weighted by Crippen LogP contribution is -2.55. The molecule has 0 aromatic heterocycles. The van der Waals surface area contributed by atoms with Gasteiger partial charge in [0.1, 0.15) is 0 Å². The molecule has 2 unspecified atom stereocenters. The molecule has 4 saturated carbocycles. The monoisotopic (exact) mass is 494 g/mol. The zero-order valence-corrected chi connectivity index (χ0v) is 20.1. The molecule has 5 nitrogen and oxygen atoms in total. The van der Waals surface area contributed by atoms with Crippen LogP contribution in [0.25, 0.3) is 0 Å². The van der Waals surface area contributed by atoms with Crippen LogP contribution < -0.4 is 0 Å². The maximum absolute atomic E-state index is 13.2. The zero-order valence-electron chi connectivity index (χ0n) is 17.6. The van der Waals surface area contributed by atoms with E-state index in [-0.39, 0.29) is 15.6 Å². The van der Waals surface area contributed by atoms with Gasteiger partial charge in [0, 0.05) is 36.9 Å². The van der Waals surface area contributed by atoms with Crippen molar-refractivity contribution in [3.63, 3.8) is 0 Å². The van der Waals surface area contributed by atoms with Crippen LogP contribution in [0.1, 0.15) is 50.5 Å². The van der Waals surface area contributed by atoms with Crippen molar-refractivity contribution in [2.45, 2.75) is 61.1 Å². The van der Waals surface area contributed by atoms with Crippen LogP contribution in [0.5, 0.6) is 0 Å². The minimum Gasteiger partial charge on any atom is -0.340 e. The first-order chi connectivity index (χ1) is 14.2. The molecule has 4 bridgehead atoms. The van der Waals surface area contributed by atoms with Gasteiger partial charge in [0.05, 0.1) is 4.90 Å². The third-order valence-electron chi connectivity index (χ3n) is 7.89. The fourth-order valence-corrected chi connectivity index (χ4v) is 9.95. The minimum atomic E-state index is -3.49. The predicted octanol–water partition coefficient (Wildman–Crippen LogP) is 3.95. The SMILES string of the molecule is Cc1ccc(S(=O)(=O)N2CCN(C(=O)CC34CC5CC(CC(Br)(C5)C3)C4)CC2)cc1. The van der Waals surface area contributed by atoms with Crippen LogP contribution in [0.4, 0.5) is 0 Å². The van der Waals surface area contributed by atoms with E-state index in [2.05, 4.69) is 15.9 Å². The van der Waals surface area contributed by atoms with Crippen LogP contribution in [-0.2, 0) is 14.8 Å². The Balaban J connectivity index is 1.22. The molecule has 6 rings (SSSR count). The van der Waals surface area contributed by atoms with E-state index in [0.29, 0.717) is 37.5 Å². The Bertz CT molecular complexity index is 924. The summed E-state index contributed by atoms with van der Waals surface area (Å²) in [6.07, 6.45) is 8.05. The van der Waals surface area contributed by atoms with E-state index in [4.69, 9.17) is 0 Å². The van der Waals surface area contributed by atoms with Crippen LogP contribution in [0.15, 0.2) is 29.2 Å². The molecule has 4 aliphatic carbocycles. The van der Waals surface area contributed by atoms with E-state index in [9.17, 15) is 13.2 Å². The van der Waals surface area contributed by atoms with Crippen molar-refractivity contribution in [3.8, 4) is 0 Å². The highest BCUT2D eigenvalue weighted by atomic mass is 79.9. The molecule has 1 aromatic rings. The largest absolute Gasteiger partial charge is 0.340 e. The number of hydrogen-bond donors (Lipinski definition) is 0. The molecule has 1 aliphatic heterocycles. The molecule has 0 radical (unpaired) electrons. The summed E-state index contributed by atoms with van der Waals surface area (Å²) in [4.78, 5) is 15.4. The number of benzene rings is 1. The smallest absolute Gasteiger partial charge is 0.243 e. The van der Waals surface area contributed by atoms with E-state index in [0.717, 1.165) is 23.8 Å². The lowest BCUT2D eigenvalue weighted by atomic mass is 9.48. The zero-order chi connectivity index (χ0) is 21.1. The van der Waals surface area contributed by atoms with E-state index in [1.54, 1.807) is 12.1 Å². The van der Waals surface area contributed by atoms with Gasteiger partial charge in [-0.15, -0.1) is 0 Å². The molecule has 0 spiro atoms. The topological polar surface area (TPSA) is 57.7 Å². The Morgan fingerprint density at radius 2 is 1.63 bits per heavy atom. The van der Waals surface area contributed by atoms with Crippen molar-refractivity contribution in [2.75, 3.05) is 26.2 Å². The molecule has 5 aliphatic rings. The number of amides is 1. The van der Waals surface area contributed by atoms with Crippen molar-refractivity contribution in [1.82, 2.24) is 9.21 Å². The third-order valence-corrected chi connectivity index (χ3v) is 10.7. The molecule has 7 heteroatoms. The van der Waals surface area contributed by atoms with E-state index in [1.165, 1.54) is 36.4 Å². The summed E-state index contributed by atoms with van der Waals surface area (Å²) >= 11 is 4.04. The van der Waals surface area contributed by atoms with Crippen LogP contribution in [0.3, 0.4) is 0 Å². The Hall–Kier alpha value is -0.920. The fourth-order valence-electron chi connectivity index (χ4n) is 7.01. The van der Waals surface area contributed by atoms with Crippen LogP contribution in [0.2, 0.25) is 0 Å². The van der Waals surface area contributed by atoms with Crippen LogP contribution in [-0.4, -0.2) is 54.0 Å². The molecule has 30 heavy (non-hydrogen) atoms. The van der Waals surface area contributed by atoms with Gasteiger partial charge < -0.3 is 4.90 Å². The quantitative estimate of drug-likeness (QED) is 0.595. The maximum atomic E-state index is 13.2. The predicted molar refractivity (Wildman–Crippen MR) is 120 cm³/mol. The molecule has 1 saturated heterocycles. The van der Waals surface area contributed by atoms with Gasteiger partial charge in [0.15, 0.2) is 0 Å². The number of alkyl halides is 1. The van der Waals surface area contributed by atoms with Gasteiger partial charge in [-0.2, -0.15) is 4.31 Å². The number of aryl methyl sites for hydroxylation is 1. The fraction of sp³-hybridized carbons (Fsp3) is 0.696. The van der Waals surface area contributed by atoms with Crippen molar-refractivity contribution in [3.05, 3.63) is 29.8 Å². The second kappa shape index (κ2) is 7.31. The lowest BCUT2D eigenvalue weighted by Gasteiger charge is -2.60. The number of carbonyl (C=O) groups is 1. The van der Waals surface area contributed by atoms with Gasteiger partial charge >= 0.3 is 0 Å². The Labute approximate surface area is 188 Å². The third kappa shape index (κ3) is 3.75. The second-order valence-corrected chi connectivity index (χ2v) is 14.0. The Kier molecular flexibility index (Phi) is 5.10. The highest BCUT2D eigenvalue weighted by Gasteiger charge is 2.57. The number of sulfonamides is 1. The van der Waals surface area contributed by atoms with Gasteiger partial charge in [-0.3, -0.25) is 4.79 Å². The summed E-state index contributed by atoms with van der Waals surface area (Å²) < 4.78 is 27.6. The summed E-state index contributed by atoms with van der Waals surface area (Å²) in [5, 5.41) is 0. The molecule has 164 valence electrons. The van der Waals surface area contributed by atoms with E-state index >= 15 is 0 Å².